The molecule has 15 heavy (non-hydrogen) atoms. The molecule has 0 fully saturated rings. The highest BCUT2D eigenvalue weighted by Gasteiger charge is 2.13. The fourth-order valence-corrected chi connectivity index (χ4v) is 1.62. The molecule has 0 saturated carbocycles. The lowest BCUT2D eigenvalue weighted by Gasteiger charge is -2.11. The van der Waals surface area contributed by atoms with Crippen molar-refractivity contribution in [3.63, 3.8) is 0 Å². The summed E-state index contributed by atoms with van der Waals surface area (Å²) in [5, 5.41) is 0. The molecule has 3 nitrogen and oxygen atoms in total. The molecule has 0 aliphatic heterocycles. The summed E-state index contributed by atoms with van der Waals surface area (Å²) < 4.78 is 5.08. The lowest BCUT2D eigenvalue weighted by molar-refractivity contribution is -0.145. The molecule has 0 spiro atoms. The van der Waals surface area contributed by atoms with Crippen LogP contribution in [0.4, 0.5) is 0 Å². The molecule has 0 amide bonds. The minimum Gasteiger partial charge on any atom is -0.465 e. The minimum atomic E-state index is -0.448. The average Bonchev–Trinajstić information content (AvgIpc) is 2.20. The molecule has 0 bridgehead atoms. The standard InChI is InChI=1S/C11H23NO2S/c1-9(2)5-4-7-14-11(13)10(12)6-8-15-3/h9-10H,4-8,12H2,1-3H3. The fraction of sp³-hybridized carbons (Fsp3) is 0.909. The lowest BCUT2D eigenvalue weighted by atomic mass is 10.1. The van der Waals surface area contributed by atoms with E-state index in [4.69, 9.17) is 10.5 Å². The van der Waals surface area contributed by atoms with E-state index >= 15 is 0 Å². The van der Waals surface area contributed by atoms with Gasteiger partial charge in [0, 0.05) is 0 Å². The van der Waals surface area contributed by atoms with E-state index in [1.165, 1.54) is 0 Å². The van der Waals surface area contributed by atoms with Crippen molar-refractivity contribution in [1.29, 1.82) is 0 Å². The summed E-state index contributed by atoms with van der Waals surface area (Å²) in [6, 6.07) is -0.448. The van der Waals surface area contributed by atoms with Crippen molar-refractivity contribution in [3.8, 4) is 0 Å². The molecule has 0 aliphatic rings. The summed E-state index contributed by atoms with van der Waals surface area (Å²) in [7, 11) is 0. The fourth-order valence-electron chi connectivity index (χ4n) is 1.13. The first-order valence-corrected chi connectivity index (χ1v) is 6.88. The van der Waals surface area contributed by atoms with Crippen molar-refractivity contribution >= 4 is 17.7 Å². The van der Waals surface area contributed by atoms with Crippen molar-refractivity contribution < 1.29 is 9.53 Å². The number of nitrogens with two attached hydrogens (primary N) is 1. The molecular formula is C11H23NO2S. The van der Waals surface area contributed by atoms with Crippen molar-refractivity contribution in [2.45, 2.75) is 39.2 Å². The molecule has 0 heterocycles. The van der Waals surface area contributed by atoms with Crippen LogP contribution in [0.5, 0.6) is 0 Å². The Labute approximate surface area is 97.1 Å². The molecule has 2 N–H and O–H groups in total. The van der Waals surface area contributed by atoms with Crippen LogP contribution in [0.1, 0.15) is 33.1 Å². The van der Waals surface area contributed by atoms with Crippen LogP contribution >= 0.6 is 11.8 Å². The van der Waals surface area contributed by atoms with Gasteiger partial charge in [0.2, 0.25) is 0 Å². The van der Waals surface area contributed by atoms with Crippen molar-refractivity contribution in [2.75, 3.05) is 18.6 Å². The third-order valence-corrected chi connectivity index (χ3v) is 2.75. The third kappa shape index (κ3) is 8.75. The van der Waals surface area contributed by atoms with Gasteiger partial charge < -0.3 is 10.5 Å². The van der Waals surface area contributed by atoms with E-state index in [-0.39, 0.29) is 5.97 Å². The number of hydrogen-bond acceptors (Lipinski definition) is 4. The average molecular weight is 233 g/mol. The van der Waals surface area contributed by atoms with Crippen molar-refractivity contribution in [1.82, 2.24) is 0 Å². The Morgan fingerprint density at radius 1 is 1.40 bits per heavy atom. The maximum absolute atomic E-state index is 11.3. The van der Waals surface area contributed by atoms with Crippen LogP contribution in [0.2, 0.25) is 0 Å². The van der Waals surface area contributed by atoms with Crippen LogP contribution < -0.4 is 5.73 Å². The van der Waals surface area contributed by atoms with Crippen LogP contribution in [0.3, 0.4) is 0 Å². The minimum absolute atomic E-state index is 0.257. The SMILES string of the molecule is CSCCC(N)C(=O)OCCCC(C)C. The first-order chi connectivity index (χ1) is 7.07. The van der Waals surface area contributed by atoms with Crippen LogP contribution in [-0.4, -0.2) is 30.6 Å². The van der Waals surface area contributed by atoms with Gasteiger partial charge in [-0.05, 0) is 37.2 Å². The molecule has 0 rings (SSSR count). The number of thioether (sulfide) groups is 1. The highest BCUT2D eigenvalue weighted by atomic mass is 32.2. The molecule has 0 aromatic heterocycles. The number of esters is 1. The van der Waals surface area contributed by atoms with Gasteiger partial charge in [0.15, 0.2) is 0 Å². The molecule has 1 unspecified atom stereocenters. The number of hydrogen-bond donors (Lipinski definition) is 1. The second-order valence-corrected chi connectivity index (χ2v) is 5.08. The topological polar surface area (TPSA) is 52.3 Å². The summed E-state index contributed by atoms with van der Waals surface area (Å²) in [5.74, 6) is 1.31. The predicted octanol–water partition coefficient (Wildman–Crippen LogP) is 2.05. The van der Waals surface area contributed by atoms with Crippen molar-refractivity contribution in [3.05, 3.63) is 0 Å². The number of ether oxygens (including phenoxy) is 1. The molecule has 0 radical (unpaired) electrons. The van der Waals surface area contributed by atoms with Crippen LogP contribution in [0.15, 0.2) is 0 Å². The monoisotopic (exact) mass is 233 g/mol. The van der Waals surface area contributed by atoms with Crippen molar-refractivity contribution in [2.24, 2.45) is 11.7 Å². The van der Waals surface area contributed by atoms with Gasteiger partial charge in [-0.3, -0.25) is 4.79 Å². The maximum atomic E-state index is 11.3. The predicted molar refractivity (Wildman–Crippen MR) is 66.0 cm³/mol. The van der Waals surface area contributed by atoms with E-state index < -0.39 is 6.04 Å². The zero-order valence-electron chi connectivity index (χ0n) is 9.99. The Morgan fingerprint density at radius 3 is 2.60 bits per heavy atom. The second kappa shape index (κ2) is 9.04. The van der Waals surface area contributed by atoms with E-state index in [1.54, 1.807) is 11.8 Å². The van der Waals surface area contributed by atoms with E-state index in [9.17, 15) is 4.79 Å². The zero-order chi connectivity index (χ0) is 11.7. The van der Waals surface area contributed by atoms with Gasteiger partial charge in [0.05, 0.1) is 6.61 Å². The van der Waals surface area contributed by atoms with Gasteiger partial charge in [-0.2, -0.15) is 11.8 Å². The largest absolute Gasteiger partial charge is 0.465 e. The Bertz CT molecular complexity index is 174. The molecule has 0 aromatic carbocycles. The number of carbonyl (C=O) groups is 1. The van der Waals surface area contributed by atoms with Gasteiger partial charge in [0.1, 0.15) is 6.04 Å². The molecule has 0 aromatic rings. The van der Waals surface area contributed by atoms with E-state index in [0.717, 1.165) is 18.6 Å². The zero-order valence-corrected chi connectivity index (χ0v) is 10.8. The Morgan fingerprint density at radius 2 is 2.07 bits per heavy atom. The summed E-state index contributed by atoms with van der Waals surface area (Å²) in [6.45, 7) is 4.82. The molecule has 4 heteroatoms. The molecule has 90 valence electrons. The Balaban J connectivity index is 3.47. The summed E-state index contributed by atoms with van der Waals surface area (Å²) in [6.07, 6.45) is 4.72. The highest BCUT2D eigenvalue weighted by Crippen LogP contribution is 2.04. The summed E-state index contributed by atoms with van der Waals surface area (Å²) in [5.41, 5.74) is 5.66. The highest BCUT2D eigenvalue weighted by molar-refractivity contribution is 7.98. The van der Waals surface area contributed by atoms with Gasteiger partial charge >= 0.3 is 5.97 Å². The Hall–Kier alpha value is -0.220. The first kappa shape index (κ1) is 14.8. The van der Waals surface area contributed by atoms with Gasteiger partial charge in [-0.1, -0.05) is 13.8 Å². The smallest absolute Gasteiger partial charge is 0.322 e. The molecule has 1 atom stereocenters. The normalized spacial score (nSPS) is 12.9. The number of carbonyl (C=O) groups excluding carboxylic acids is 1. The van der Waals surface area contributed by atoms with Crippen LogP contribution in [0.25, 0.3) is 0 Å². The maximum Gasteiger partial charge on any atom is 0.322 e. The van der Waals surface area contributed by atoms with Gasteiger partial charge in [-0.25, -0.2) is 0 Å². The van der Waals surface area contributed by atoms with E-state index in [2.05, 4.69) is 13.8 Å². The van der Waals surface area contributed by atoms with E-state index in [1.807, 2.05) is 6.26 Å². The first-order valence-electron chi connectivity index (χ1n) is 5.49. The molecular weight excluding hydrogens is 210 g/mol. The van der Waals surface area contributed by atoms with Gasteiger partial charge in [-0.15, -0.1) is 0 Å². The van der Waals surface area contributed by atoms with Gasteiger partial charge in [0.25, 0.3) is 0 Å². The third-order valence-electron chi connectivity index (χ3n) is 2.11. The van der Waals surface area contributed by atoms with E-state index in [0.29, 0.717) is 18.9 Å². The Kier molecular flexibility index (Phi) is 8.91. The summed E-state index contributed by atoms with van der Waals surface area (Å²) in [4.78, 5) is 11.3. The quantitative estimate of drug-likeness (QED) is 0.515. The second-order valence-electron chi connectivity index (χ2n) is 4.09. The lowest BCUT2D eigenvalue weighted by Crippen LogP contribution is -2.33. The van der Waals surface area contributed by atoms with Crippen LogP contribution in [-0.2, 0) is 9.53 Å². The molecule has 0 saturated heterocycles. The number of rotatable bonds is 8. The van der Waals surface area contributed by atoms with Crippen LogP contribution in [0, 0.1) is 5.92 Å². The molecule has 0 aliphatic carbocycles. The summed E-state index contributed by atoms with van der Waals surface area (Å²) >= 11 is 1.69.